The lowest BCUT2D eigenvalue weighted by Crippen LogP contribution is -2.44. The van der Waals surface area contributed by atoms with E-state index in [4.69, 9.17) is 0 Å². The molecule has 1 saturated heterocycles. The van der Waals surface area contributed by atoms with Gasteiger partial charge < -0.3 is 0 Å². The second-order valence-electron chi connectivity index (χ2n) is 2.22. The first-order valence-corrected chi connectivity index (χ1v) is 3.14. The molecule has 0 unspecified atom stereocenters. The van der Waals surface area contributed by atoms with Crippen molar-refractivity contribution >= 4 is 5.91 Å². The van der Waals surface area contributed by atoms with Gasteiger partial charge >= 0.3 is 12.1 Å². The summed E-state index contributed by atoms with van der Waals surface area (Å²) in [5.41, 5.74) is 2.33. The van der Waals surface area contributed by atoms with Crippen molar-refractivity contribution in [2.45, 2.75) is 12.6 Å². The van der Waals surface area contributed by atoms with Crippen molar-refractivity contribution in [1.29, 1.82) is 0 Å². The maximum Gasteiger partial charge on any atom is 0.472 e. The molecule has 0 aromatic rings. The monoisotopic (exact) mass is 168 g/mol. The van der Waals surface area contributed by atoms with Crippen molar-refractivity contribution in [1.82, 2.24) is 10.4 Å². The lowest BCUT2D eigenvalue weighted by Gasteiger charge is -2.16. The minimum atomic E-state index is -4.75. The fourth-order valence-corrected chi connectivity index (χ4v) is 0.857. The van der Waals surface area contributed by atoms with Gasteiger partial charge in [0, 0.05) is 13.1 Å². The van der Waals surface area contributed by atoms with Gasteiger partial charge in [0.2, 0.25) is 0 Å². The number of rotatable bonds is 0. The van der Waals surface area contributed by atoms with Crippen molar-refractivity contribution < 1.29 is 18.0 Å². The Kier molecular flexibility index (Phi) is 2.03. The number of nitrogens with one attached hydrogen (secondary N) is 1. The van der Waals surface area contributed by atoms with Crippen LogP contribution in [-0.2, 0) is 4.79 Å². The number of hydrazine groups is 1. The number of alkyl halides is 3. The summed E-state index contributed by atoms with van der Waals surface area (Å²) in [6.07, 6.45) is -4.18. The van der Waals surface area contributed by atoms with E-state index in [9.17, 15) is 18.0 Å². The van der Waals surface area contributed by atoms with E-state index in [1.807, 2.05) is 0 Å². The van der Waals surface area contributed by atoms with Crippen LogP contribution in [-0.4, -0.2) is 30.2 Å². The van der Waals surface area contributed by atoms with Crippen LogP contribution in [0.15, 0.2) is 0 Å². The van der Waals surface area contributed by atoms with Crippen LogP contribution in [0.3, 0.4) is 0 Å². The summed E-state index contributed by atoms with van der Waals surface area (Å²) in [5.74, 6) is -1.81. The Morgan fingerprint density at radius 2 is 2.09 bits per heavy atom. The van der Waals surface area contributed by atoms with E-state index in [-0.39, 0.29) is 6.54 Å². The molecule has 0 spiro atoms. The van der Waals surface area contributed by atoms with Crippen molar-refractivity contribution in [3.05, 3.63) is 0 Å². The lowest BCUT2D eigenvalue weighted by molar-refractivity contribution is -0.187. The van der Waals surface area contributed by atoms with Gasteiger partial charge in [-0.1, -0.05) is 0 Å². The molecule has 1 heterocycles. The zero-order chi connectivity index (χ0) is 8.48. The molecule has 0 radical (unpaired) electrons. The molecule has 1 N–H and O–H groups in total. The average molecular weight is 168 g/mol. The SMILES string of the molecule is O=C(N1CCCN1)C(F)(F)F. The number of halogens is 3. The molecule has 0 aliphatic carbocycles. The molecule has 1 aliphatic heterocycles. The van der Waals surface area contributed by atoms with Crippen LogP contribution in [0.4, 0.5) is 13.2 Å². The van der Waals surface area contributed by atoms with E-state index < -0.39 is 12.1 Å². The Labute approximate surface area is 61.1 Å². The minimum Gasteiger partial charge on any atom is -0.270 e. The highest BCUT2D eigenvalue weighted by molar-refractivity contribution is 5.81. The van der Waals surface area contributed by atoms with Crippen molar-refractivity contribution in [3.8, 4) is 0 Å². The van der Waals surface area contributed by atoms with Crippen LogP contribution < -0.4 is 5.43 Å². The van der Waals surface area contributed by atoms with E-state index in [1.165, 1.54) is 0 Å². The van der Waals surface area contributed by atoms with Crippen LogP contribution in [0.2, 0.25) is 0 Å². The summed E-state index contributed by atoms with van der Waals surface area (Å²) >= 11 is 0. The van der Waals surface area contributed by atoms with Crippen molar-refractivity contribution in [2.24, 2.45) is 0 Å². The van der Waals surface area contributed by atoms with Crippen molar-refractivity contribution in [2.75, 3.05) is 13.1 Å². The first-order valence-electron chi connectivity index (χ1n) is 3.14. The second-order valence-corrected chi connectivity index (χ2v) is 2.22. The Morgan fingerprint density at radius 1 is 1.45 bits per heavy atom. The molecule has 1 rings (SSSR count). The van der Waals surface area contributed by atoms with Gasteiger partial charge in [-0.05, 0) is 6.42 Å². The Morgan fingerprint density at radius 3 is 2.45 bits per heavy atom. The lowest BCUT2D eigenvalue weighted by atomic mass is 10.4. The molecule has 0 aromatic carbocycles. The van der Waals surface area contributed by atoms with Gasteiger partial charge in [0.15, 0.2) is 0 Å². The Hall–Kier alpha value is -0.780. The normalized spacial score (nSPS) is 19.0. The van der Waals surface area contributed by atoms with Crippen molar-refractivity contribution in [3.63, 3.8) is 0 Å². The van der Waals surface area contributed by atoms with E-state index >= 15 is 0 Å². The van der Waals surface area contributed by atoms with Crippen LogP contribution in [0, 0.1) is 0 Å². The number of hydrogen-bond acceptors (Lipinski definition) is 2. The van der Waals surface area contributed by atoms with E-state index in [1.54, 1.807) is 0 Å². The fourth-order valence-electron chi connectivity index (χ4n) is 0.857. The van der Waals surface area contributed by atoms with Crippen LogP contribution in [0.1, 0.15) is 6.42 Å². The molecule has 3 nitrogen and oxygen atoms in total. The van der Waals surface area contributed by atoms with Gasteiger partial charge in [-0.15, -0.1) is 0 Å². The Balaban J connectivity index is 2.53. The zero-order valence-electron chi connectivity index (χ0n) is 5.61. The molecule has 11 heavy (non-hydrogen) atoms. The summed E-state index contributed by atoms with van der Waals surface area (Å²) < 4.78 is 35.0. The summed E-state index contributed by atoms with van der Waals surface area (Å²) in [6, 6.07) is 0. The molecule has 6 heteroatoms. The number of carbonyl (C=O) groups is 1. The standard InChI is InChI=1S/C5H7F3N2O/c6-5(7,8)4(11)10-3-1-2-9-10/h9H,1-3H2. The predicted octanol–water partition coefficient (Wildman–Crippen LogP) is 0.286. The van der Waals surface area contributed by atoms with Gasteiger partial charge in [-0.3, -0.25) is 9.80 Å². The summed E-state index contributed by atoms with van der Waals surface area (Å²) in [7, 11) is 0. The van der Waals surface area contributed by atoms with Gasteiger partial charge in [0.05, 0.1) is 0 Å². The quantitative estimate of drug-likeness (QED) is 0.563. The third kappa shape index (κ3) is 1.83. The number of amides is 1. The van der Waals surface area contributed by atoms with Crippen LogP contribution >= 0.6 is 0 Å². The van der Waals surface area contributed by atoms with Crippen LogP contribution in [0.5, 0.6) is 0 Å². The third-order valence-electron chi connectivity index (χ3n) is 1.35. The highest BCUT2D eigenvalue weighted by Gasteiger charge is 2.43. The second kappa shape index (κ2) is 2.69. The highest BCUT2D eigenvalue weighted by atomic mass is 19.4. The number of carbonyl (C=O) groups excluding carboxylic acids is 1. The van der Waals surface area contributed by atoms with Gasteiger partial charge in [0.25, 0.3) is 0 Å². The minimum absolute atomic E-state index is 0.137. The number of nitrogens with zero attached hydrogens (tertiary/aromatic N) is 1. The highest BCUT2D eigenvalue weighted by Crippen LogP contribution is 2.18. The van der Waals surface area contributed by atoms with E-state index in [2.05, 4.69) is 5.43 Å². The smallest absolute Gasteiger partial charge is 0.270 e. The van der Waals surface area contributed by atoms with Gasteiger partial charge in [-0.25, -0.2) is 5.43 Å². The zero-order valence-corrected chi connectivity index (χ0v) is 5.61. The molecular weight excluding hydrogens is 161 g/mol. The maximum atomic E-state index is 11.7. The van der Waals surface area contributed by atoms with Crippen LogP contribution in [0.25, 0.3) is 0 Å². The van der Waals surface area contributed by atoms with Gasteiger partial charge in [0.1, 0.15) is 0 Å². The summed E-state index contributed by atoms with van der Waals surface area (Å²) in [4.78, 5) is 10.4. The molecule has 1 fully saturated rings. The molecule has 1 amide bonds. The molecule has 0 bridgehead atoms. The topological polar surface area (TPSA) is 32.3 Å². The molecular formula is C5H7F3N2O. The average Bonchev–Trinajstić information content (AvgIpc) is 2.34. The first-order chi connectivity index (χ1) is 5.02. The fraction of sp³-hybridized carbons (Fsp3) is 0.800. The predicted molar refractivity (Wildman–Crippen MR) is 30.4 cm³/mol. The van der Waals surface area contributed by atoms with E-state index in [0.717, 1.165) is 0 Å². The van der Waals surface area contributed by atoms with Gasteiger partial charge in [-0.2, -0.15) is 13.2 Å². The summed E-state index contributed by atoms with van der Waals surface area (Å²) in [5, 5.41) is 0.597. The molecule has 1 aliphatic rings. The number of hydrogen-bond donors (Lipinski definition) is 1. The molecule has 0 aromatic heterocycles. The van der Waals surface area contributed by atoms with E-state index in [0.29, 0.717) is 18.0 Å². The maximum absolute atomic E-state index is 11.7. The Bertz CT molecular complexity index is 162. The molecule has 0 saturated carbocycles. The summed E-state index contributed by atoms with van der Waals surface area (Å²) in [6.45, 7) is 0.570. The molecule has 0 atom stereocenters. The molecule has 64 valence electrons. The first kappa shape index (κ1) is 8.32. The third-order valence-corrected chi connectivity index (χ3v) is 1.35. The largest absolute Gasteiger partial charge is 0.472 e.